The minimum atomic E-state index is -2.70. The molecule has 1 heterocycles. The van der Waals surface area contributed by atoms with Gasteiger partial charge >= 0.3 is 5.97 Å². The van der Waals surface area contributed by atoms with Crippen LogP contribution >= 0.6 is 0 Å². The third-order valence-electron chi connectivity index (χ3n) is 5.34. The zero-order chi connectivity index (χ0) is 22.0. The number of alkyl halides is 1. The van der Waals surface area contributed by atoms with Gasteiger partial charge in [0, 0.05) is 5.56 Å². The molecule has 0 bridgehead atoms. The molecule has 1 N–H and O–H groups in total. The summed E-state index contributed by atoms with van der Waals surface area (Å²) in [6.45, 7) is 10.1. The third-order valence-corrected chi connectivity index (χ3v) is 9.88. The number of aromatic carboxylic acids is 1. The van der Waals surface area contributed by atoms with Crippen molar-refractivity contribution >= 4 is 14.3 Å². The van der Waals surface area contributed by atoms with Crippen molar-refractivity contribution in [1.29, 1.82) is 0 Å². The lowest BCUT2D eigenvalue weighted by atomic mass is 9.86. The predicted octanol–water partition coefficient (Wildman–Crippen LogP) is 5.13. The lowest BCUT2D eigenvalue weighted by Crippen LogP contribution is -2.42. The molecule has 0 spiro atoms. The second-order valence-corrected chi connectivity index (χ2v) is 13.2. The monoisotopic (exact) mass is 429 g/mol. The molecule has 1 aliphatic rings. The molecular formula is C20H26F3NO4Si. The first-order valence-corrected chi connectivity index (χ1v) is 12.1. The SMILES string of the molecule is CC(C)(C)[Si](C)(C)OCCOC1(F)C=CC=C(F)C1c1cc(C(=O)O)ncc1F. The topological polar surface area (TPSA) is 68.7 Å². The van der Waals surface area contributed by atoms with Crippen LogP contribution in [0.3, 0.4) is 0 Å². The van der Waals surface area contributed by atoms with Gasteiger partial charge in [-0.2, -0.15) is 0 Å². The number of carboxylic acids is 1. The lowest BCUT2D eigenvalue weighted by Gasteiger charge is -2.37. The molecule has 1 aliphatic carbocycles. The number of nitrogens with zero attached hydrogens (tertiary/aromatic N) is 1. The summed E-state index contributed by atoms with van der Waals surface area (Å²) in [4.78, 5) is 14.5. The van der Waals surface area contributed by atoms with Crippen molar-refractivity contribution in [2.75, 3.05) is 13.2 Å². The highest BCUT2D eigenvalue weighted by Gasteiger charge is 2.45. The van der Waals surface area contributed by atoms with Gasteiger partial charge in [-0.15, -0.1) is 0 Å². The summed E-state index contributed by atoms with van der Waals surface area (Å²) in [5, 5.41) is 9.02. The fourth-order valence-electron chi connectivity index (χ4n) is 2.65. The van der Waals surface area contributed by atoms with E-state index < -0.39 is 49.0 Å². The largest absolute Gasteiger partial charge is 0.477 e. The lowest BCUT2D eigenvalue weighted by molar-refractivity contribution is -0.128. The highest BCUT2D eigenvalue weighted by Crippen LogP contribution is 2.44. The maximum Gasteiger partial charge on any atom is 0.354 e. The summed E-state index contributed by atoms with van der Waals surface area (Å²) in [6, 6.07) is 0.818. The molecule has 0 aromatic carbocycles. The van der Waals surface area contributed by atoms with E-state index in [9.17, 15) is 13.6 Å². The van der Waals surface area contributed by atoms with E-state index in [1.807, 2.05) is 13.1 Å². The minimum absolute atomic E-state index is 0.0457. The van der Waals surface area contributed by atoms with Crippen LogP contribution in [0.2, 0.25) is 18.1 Å². The molecule has 0 saturated carbocycles. The normalized spacial score (nSPS) is 22.5. The Balaban J connectivity index is 2.22. The van der Waals surface area contributed by atoms with Gasteiger partial charge in [-0.3, -0.25) is 0 Å². The summed E-state index contributed by atoms with van der Waals surface area (Å²) in [5.74, 6) is -7.94. The van der Waals surface area contributed by atoms with Crippen LogP contribution in [-0.4, -0.2) is 43.4 Å². The van der Waals surface area contributed by atoms with Crippen LogP contribution in [-0.2, 0) is 9.16 Å². The van der Waals surface area contributed by atoms with Gasteiger partial charge in [0.25, 0.3) is 0 Å². The number of hydrogen-bond donors (Lipinski definition) is 1. The molecule has 2 rings (SSSR count). The average molecular weight is 430 g/mol. The first-order chi connectivity index (χ1) is 13.3. The van der Waals surface area contributed by atoms with E-state index in [0.717, 1.165) is 24.3 Å². The Morgan fingerprint density at radius 1 is 1.31 bits per heavy atom. The minimum Gasteiger partial charge on any atom is -0.477 e. The van der Waals surface area contributed by atoms with Crippen LogP contribution in [0.1, 0.15) is 42.7 Å². The van der Waals surface area contributed by atoms with Crippen molar-refractivity contribution in [2.24, 2.45) is 0 Å². The second-order valence-electron chi connectivity index (χ2n) is 8.39. The highest BCUT2D eigenvalue weighted by atomic mass is 28.4. The number of pyridine rings is 1. The third kappa shape index (κ3) is 5.15. The molecule has 0 radical (unpaired) electrons. The van der Waals surface area contributed by atoms with Crippen LogP contribution < -0.4 is 0 Å². The van der Waals surface area contributed by atoms with Gasteiger partial charge in [-0.25, -0.2) is 22.9 Å². The Bertz CT molecular complexity index is 836. The van der Waals surface area contributed by atoms with Crippen molar-refractivity contribution in [3.8, 4) is 0 Å². The number of carboxylic acid groups (broad SMARTS) is 1. The van der Waals surface area contributed by atoms with Crippen molar-refractivity contribution < 1.29 is 32.2 Å². The number of carbonyl (C=O) groups is 1. The van der Waals surface area contributed by atoms with Gasteiger partial charge in [0.1, 0.15) is 23.3 Å². The Morgan fingerprint density at radius 3 is 2.55 bits per heavy atom. The molecule has 2 atom stereocenters. The number of halogens is 3. The Labute approximate surface area is 169 Å². The first kappa shape index (κ1) is 23.3. The molecule has 1 aromatic heterocycles. The summed E-state index contributed by atoms with van der Waals surface area (Å²) < 4.78 is 55.6. The number of hydrogen-bond acceptors (Lipinski definition) is 4. The van der Waals surface area contributed by atoms with E-state index in [0.29, 0.717) is 6.20 Å². The van der Waals surface area contributed by atoms with Gasteiger partial charge < -0.3 is 14.3 Å². The maximum atomic E-state index is 15.6. The zero-order valence-corrected chi connectivity index (χ0v) is 18.1. The first-order valence-electron chi connectivity index (χ1n) is 9.19. The molecule has 0 aliphatic heterocycles. The Hall–Kier alpha value is -1.97. The van der Waals surface area contributed by atoms with Gasteiger partial charge in [-0.1, -0.05) is 26.8 Å². The molecule has 160 valence electrons. The number of aromatic nitrogens is 1. The molecule has 9 heteroatoms. The fraction of sp³-hybridized carbons (Fsp3) is 0.500. The fourth-order valence-corrected chi connectivity index (χ4v) is 3.67. The van der Waals surface area contributed by atoms with Gasteiger partial charge in [0.2, 0.25) is 5.85 Å². The van der Waals surface area contributed by atoms with Crippen molar-refractivity contribution in [2.45, 2.75) is 50.7 Å². The summed E-state index contributed by atoms with van der Waals surface area (Å²) >= 11 is 0. The molecule has 0 saturated heterocycles. The Morgan fingerprint density at radius 2 is 1.97 bits per heavy atom. The molecular weight excluding hydrogens is 403 g/mol. The van der Waals surface area contributed by atoms with Crippen molar-refractivity contribution in [3.63, 3.8) is 0 Å². The van der Waals surface area contributed by atoms with Crippen LogP contribution in [0.5, 0.6) is 0 Å². The van der Waals surface area contributed by atoms with Gasteiger partial charge in [-0.05, 0) is 36.4 Å². The molecule has 1 aromatic rings. The predicted molar refractivity (Wildman–Crippen MR) is 105 cm³/mol. The van der Waals surface area contributed by atoms with Crippen LogP contribution in [0.15, 0.2) is 36.3 Å². The molecule has 0 amide bonds. The summed E-state index contributed by atoms with van der Waals surface area (Å²) in [7, 11) is -2.08. The molecule has 0 fully saturated rings. The number of rotatable bonds is 7. The molecule has 2 unspecified atom stereocenters. The quantitative estimate of drug-likeness (QED) is 0.481. The molecule has 29 heavy (non-hydrogen) atoms. The number of allylic oxidation sites excluding steroid dienone is 2. The standard InChI is InChI=1S/C20H26F3NO4Si/c1-19(2,3)29(4,5)28-10-9-27-20(23)8-6-7-14(21)17(20)13-11-16(18(25)26)24-12-15(13)22/h6-8,11-12,17H,9-10H2,1-5H3,(H,25,26). The van der Waals surface area contributed by atoms with Crippen LogP contribution in [0.4, 0.5) is 13.2 Å². The van der Waals surface area contributed by atoms with Crippen LogP contribution in [0.25, 0.3) is 0 Å². The maximum absolute atomic E-state index is 15.6. The van der Waals surface area contributed by atoms with E-state index in [1.165, 1.54) is 0 Å². The zero-order valence-electron chi connectivity index (χ0n) is 17.1. The average Bonchev–Trinajstić information content (AvgIpc) is 2.59. The van der Waals surface area contributed by atoms with Crippen molar-refractivity contribution in [1.82, 2.24) is 4.98 Å². The summed E-state index contributed by atoms with van der Waals surface area (Å²) in [6.07, 6.45) is 3.73. The second kappa shape index (κ2) is 8.41. The number of ether oxygens (including phenoxy) is 1. The van der Waals surface area contributed by atoms with E-state index in [-0.39, 0.29) is 18.3 Å². The van der Waals surface area contributed by atoms with E-state index in [1.54, 1.807) is 0 Å². The van der Waals surface area contributed by atoms with Crippen molar-refractivity contribution in [3.05, 3.63) is 53.4 Å². The van der Waals surface area contributed by atoms with Gasteiger partial charge in [0.05, 0.1) is 19.4 Å². The smallest absolute Gasteiger partial charge is 0.354 e. The Kier molecular flexibility index (Phi) is 6.76. The van der Waals surface area contributed by atoms with E-state index in [2.05, 4.69) is 25.8 Å². The van der Waals surface area contributed by atoms with E-state index in [4.69, 9.17) is 14.3 Å². The summed E-state index contributed by atoms with van der Waals surface area (Å²) in [5.41, 5.74) is -1.00. The van der Waals surface area contributed by atoms with Gasteiger partial charge in [0.15, 0.2) is 8.32 Å². The molecule has 5 nitrogen and oxygen atoms in total. The van der Waals surface area contributed by atoms with E-state index >= 15 is 4.39 Å². The highest BCUT2D eigenvalue weighted by molar-refractivity contribution is 6.74. The van der Waals surface area contributed by atoms with Crippen LogP contribution in [0, 0.1) is 5.82 Å².